The molecule has 3 N–H and O–H groups in total. The lowest BCUT2D eigenvalue weighted by molar-refractivity contribution is -0.384. The smallest absolute Gasteiger partial charge is 0.357 e. The predicted octanol–water partition coefficient (Wildman–Crippen LogP) is 4.68. The van der Waals surface area contributed by atoms with Crippen molar-refractivity contribution in [3.63, 3.8) is 0 Å². The van der Waals surface area contributed by atoms with Crippen molar-refractivity contribution >= 4 is 47.0 Å². The largest absolute Gasteiger partial charge is 0.416 e. The van der Waals surface area contributed by atoms with E-state index in [4.69, 9.17) is 11.6 Å². The Labute approximate surface area is 183 Å². The van der Waals surface area contributed by atoms with Crippen LogP contribution in [0, 0.1) is 10.1 Å². The van der Waals surface area contributed by atoms with Crippen LogP contribution in [-0.2, 0) is 6.18 Å². The molecule has 10 nitrogen and oxygen atoms in total. The van der Waals surface area contributed by atoms with E-state index in [2.05, 4.69) is 36.1 Å². The third kappa shape index (κ3) is 5.78. The van der Waals surface area contributed by atoms with Gasteiger partial charge in [-0.15, -0.1) is 0 Å². The summed E-state index contributed by atoms with van der Waals surface area (Å²) in [5, 5.41) is 20.4. The van der Waals surface area contributed by atoms with Gasteiger partial charge in [0.25, 0.3) is 5.69 Å². The van der Waals surface area contributed by atoms with E-state index in [-0.39, 0.29) is 39.8 Å². The third-order valence-corrected chi connectivity index (χ3v) is 4.21. The van der Waals surface area contributed by atoms with E-state index in [1.54, 1.807) is 7.05 Å². The molecule has 0 aliphatic rings. The SMILES string of the molecule is CNc1nc(N/N=C/c2cc([N+](=O)[O-])ccc2Cl)nc(Nc2cccc(C(F)(F)F)c2)n1. The Kier molecular flexibility index (Phi) is 6.68. The molecule has 1 heterocycles. The predicted molar refractivity (Wildman–Crippen MR) is 113 cm³/mol. The van der Waals surface area contributed by atoms with E-state index in [1.165, 1.54) is 36.5 Å². The fraction of sp³-hybridized carbons (Fsp3) is 0.111. The lowest BCUT2D eigenvalue weighted by atomic mass is 10.2. The molecule has 0 aliphatic heterocycles. The van der Waals surface area contributed by atoms with Gasteiger partial charge in [0.2, 0.25) is 17.8 Å². The normalized spacial score (nSPS) is 11.4. The summed E-state index contributed by atoms with van der Waals surface area (Å²) in [5.74, 6) is 0.0203. The van der Waals surface area contributed by atoms with Gasteiger partial charge < -0.3 is 10.6 Å². The van der Waals surface area contributed by atoms with Crippen LogP contribution in [0.5, 0.6) is 0 Å². The lowest BCUT2D eigenvalue weighted by Crippen LogP contribution is -2.08. The zero-order chi connectivity index (χ0) is 23.3. The molecule has 0 bridgehead atoms. The molecular weight excluding hydrogens is 453 g/mol. The van der Waals surface area contributed by atoms with Gasteiger partial charge in [-0.1, -0.05) is 17.7 Å². The monoisotopic (exact) mass is 466 g/mol. The van der Waals surface area contributed by atoms with Gasteiger partial charge in [-0.2, -0.15) is 33.2 Å². The molecule has 0 saturated carbocycles. The number of aromatic nitrogens is 3. The van der Waals surface area contributed by atoms with Crippen LogP contribution in [0.25, 0.3) is 0 Å². The fourth-order valence-corrected chi connectivity index (χ4v) is 2.57. The molecule has 0 fully saturated rings. The van der Waals surface area contributed by atoms with Crippen molar-refractivity contribution in [2.75, 3.05) is 23.1 Å². The van der Waals surface area contributed by atoms with Gasteiger partial charge in [0.05, 0.1) is 16.7 Å². The van der Waals surface area contributed by atoms with E-state index in [0.717, 1.165) is 12.1 Å². The minimum Gasteiger partial charge on any atom is -0.357 e. The number of nitrogens with zero attached hydrogens (tertiary/aromatic N) is 5. The van der Waals surface area contributed by atoms with Crippen molar-refractivity contribution in [3.8, 4) is 0 Å². The highest BCUT2D eigenvalue weighted by molar-refractivity contribution is 6.33. The molecule has 3 rings (SSSR count). The first-order valence-electron chi connectivity index (χ1n) is 8.77. The summed E-state index contributed by atoms with van der Waals surface area (Å²) in [6, 6.07) is 8.38. The minimum atomic E-state index is -4.50. The first-order chi connectivity index (χ1) is 15.2. The van der Waals surface area contributed by atoms with Crippen LogP contribution >= 0.6 is 11.6 Å². The van der Waals surface area contributed by atoms with Crippen LogP contribution in [-0.4, -0.2) is 33.1 Å². The second-order valence-corrected chi connectivity index (χ2v) is 6.50. The summed E-state index contributed by atoms with van der Waals surface area (Å²) >= 11 is 6.01. The second-order valence-electron chi connectivity index (χ2n) is 6.09. The molecule has 2 aromatic carbocycles. The van der Waals surface area contributed by atoms with Crippen LogP contribution in [0.1, 0.15) is 11.1 Å². The zero-order valence-corrected chi connectivity index (χ0v) is 16.9. The van der Waals surface area contributed by atoms with Gasteiger partial charge in [-0.3, -0.25) is 10.1 Å². The first-order valence-corrected chi connectivity index (χ1v) is 9.14. The Morgan fingerprint density at radius 3 is 2.50 bits per heavy atom. The van der Waals surface area contributed by atoms with Crippen LogP contribution in [0.2, 0.25) is 5.02 Å². The number of benzene rings is 2. The molecule has 0 spiro atoms. The van der Waals surface area contributed by atoms with Gasteiger partial charge in [0.1, 0.15) is 0 Å². The van der Waals surface area contributed by atoms with Gasteiger partial charge in [-0.25, -0.2) is 5.43 Å². The summed E-state index contributed by atoms with van der Waals surface area (Å²) in [6.07, 6.45) is -3.26. The van der Waals surface area contributed by atoms with E-state index in [1.807, 2.05) is 0 Å². The quantitative estimate of drug-likeness (QED) is 0.260. The van der Waals surface area contributed by atoms with Gasteiger partial charge >= 0.3 is 6.18 Å². The highest BCUT2D eigenvalue weighted by Crippen LogP contribution is 2.31. The topological polar surface area (TPSA) is 130 Å². The van der Waals surface area contributed by atoms with E-state index >= 15 is 0 Å². The number of anilines is 4. The molecule has 32 heavy (non-hydrogen) atoms. The summed E-state index contributed by atoms with van der Waals surface area (Å²) in [4.78, 5) is 22.4. The molecule has 166 valence electrons. The van der Waals surface area contributed by atoms with Crippen LogP contribution in [0.3, 0.4) is 0 Å². The summed E-state index contributed by atoms with van der Waals surface area (Å²) in [6.45, 7) is 0. The summed E-state index contributed by atoms with van der Waals surface area (Å²) < 4.78 is 38.7. The Bertz CT molecular complexity index is 1170. The number of hydrogen-bond donors (Lipinski definition) is 3. The van der Waals surface area contributed by atoms with Gasteiger partial charge in [0, 0.05) is 35.5 Å². The maximum Gasteiger partial charge on any atom is 0.416 e. The van der Waals surface area contributed by atoms with Crippen molar-refractivity contribution < 1.29 is 18.1 Å². The molecule has 0 radical (unpaired) electrons. The molecule has 0 unspecified atom stereocenters. The van der Waals surface area contributed by atoms with E-state index in [0.29, 0.717) is 0 Å². The summed E-state index contributed by atoms with van der Waals surface area (Å²) in [7, 11) is 1.54. The standard InChI is InChI=1S/C18H14ClF3N8O2/c1-23-15-26-16(25-12-4-2-3-11(8-12)18(20,21)22)28-17(27-15)29-24-9-10-7-13(30(31)32)5-6-14(10)19/h2-9H,1H3,(H3,23,25,26,27,28,29)/b24-9+. The zero-order valence-electron chi connectivity index (χ0n) is 16.2. The number of halogens is 4. The van der Waals surface area contributed by atoms with E-state index in [9.17, 15) is 23.3 Å². The van der Waals surface area contributed by atoms with Crippen LogP contribution in [0.4, 0.5) is 42.4 Å². The molecule has 0 saturated heterocycles. The Balaban J connectivity index is 1.81. The highest BCUT2D eigenvalue weighted by Gasteiger charge is 2.30. The Morgan fingerprint density at radius 1 is 1.09 bits per heavy atom. The Morgan fingerprint density at radius 2 is 1.81 bits per heavy atom. The number of rotatable bonds is 7. The molecule has 3 aromatic rings. The molecule has 14 heteroatoms. The molecule has 0 atom stereocenters. The van der Waals surface area contributed by atoms with Crippen molar-refractivity contribution in [2.24, 2.45) is 5.10 Å². The average molecular weight is 467 g/mol. The number of nitro benzene ring substituents is 1. The molecular formula is C18H14ClF3N8O2. The minimum absolute atomic E-state index is 0.0448. The number of non-ortho nitro benzene ring substituents is 1. The highest BCUT2D eigenvalue weighted by atomic mass is 35.5. The molecule has 0 aliphatic carbocycles. The van der Waals surface area contributed by atoms with Gasteiger partial charge in [-0.05, 0) is 24.3 Å². The maximum absolute atomic E-state index is 12.9. The number of hydrogen-bond acceptors (Lipinski definition) is 9. The van der Waals surface area contributed by atoms with Gasteiger partial charge in [0.15, 0.2) is 0 Å². The number of nitro groups is 1. The lowest BCUT2D eigenvalue weighted by Gasteiger charge is -2.11. The maximum atomic E-state index is 12.9. The van der Waals surface area contributed by atoms with Crippen molar-refractivity contribution in [1.29, 1.82) is 0 Å². The first kappa shape index (κ1) is 22.7. The number of alkyl halides is 3. The average Bonchev–Trinajstić information content (AvgIpc) is 2.74. The van der Waals surface area contributed by atoms with Crippen molar-refractivity contribution in [1.82, 2.24) is 15.0 Å². The van der Waals surface area contributed by atoms with Crippen LogP contribution < -0.4 is 16.1 Å². The number of nitrogens with one attached hydrogen (secondary N) is 3. The third-order valence-electron chi connectivity index (χ3n) is 3.86. The summed E-state index contributed by atoms with van der Waals surface area (Å²) in [5.41, 5.74) is 1.92. The van der Waals surface area contributed by atoms with E-state index < -0.39 is 16.7 Å². The number of hydrazone groups is 1. The second kappa shape index (κ2) is 9.43. The van der Waals surface area contributed by atoms with Crippen molar-refractivity contribution in [2.45, 2.75) is 6.18 Å². The Hall–Kier alpha value is -4.00. The fourth-order valence-electron chi connectivity index (χ4n) is 2.40. The molecule has 1 aromatic heterocycles. The van der Waals surface area contributed by atoms with Crippen molar-refractivity contribution in [3.05, 3.63) is 68.7 Å². The van der Waals surface area contributed by atoms with Crippen LogP contribution in [0.15, 0.2) is 47.6 Å². The molecule has 0 amide bonds.